The van der Waals surface area contributed by atoms with E-state index < -0.39 is 12.1 Å². The van der Waals surface area contributed by atoms with Gasteiger partial charge in [-0.15, -0.1) is 0 Å². The highest BCUT2D eigenvalue weighted by Crippen LogP contribution is 2.07. The molecule has 124 valence electrons. The molecule has 2 amide bonds. The summed E-state index contributed by atoms with van der Waals surface area (Å²) in [6, 6.07) is -0.186. The van der Waals surface area contributed by atoms with Crippen LogP contribution >= 0.6 is 0 Å². The highest BCUT2D eigenvalue weighted by molar-refractivity contribution is 5.74. The summed E-state index contributed by atoms with van der Waals surface area (Å²) >= 11 is 0. The first-order chi connectivity index (χ1) is 9.73. The summed E-state index contributed by atoms with van der Waals surface area (Å²) in [5.74, 6) is -0.220. The molecule has 6 nitrogen and oxygen atoms in total. The zero-order chi connectivity index (χ0) is 16.4. The second kappa shape index (κ2) is 10.4. The van der Waals surface area contributed by atoms with Crippen molar-refractivity contribution in [1.82, 2.24) is 10.2 Å². The molecule has 0 aromatic heterocycles. The minimum Gasteiger partial charge on any atom is -0.479 e. The molecule has 1 atom stereocenters. The molecule has 0 aliphatic rings. The number of nitrogens with one attached hydrogen (secondary N) is 1. The van der Waals surface area contributed by atoms with Crippen LogP contribution in [0.25, 0.3) is 0 Å². The summed E-state index contributed by atoms with van der Waals surface area (Å²) in [5, 5.41) is 20.4. The topological polar surface area (TPSA) is 89.9 Å². The highest BCUT2D eigenvalue weighted by Gasteiger charge is 2.16. The third kappa shape index (κ3) is 10.1. The van der Waals surface area contributed by atoms with Crippen molar-refractivity contribution in [2.24, 2.45) is 11.8 Å². The number of rotatable bonds is 10. The van der Waals surface area contributed by atoms with E-state index in [9.17, 15) is 9.59 Å². The molecule has 0 aliphatic heterocycles. The maximum atomic E-state index is 12.1. The van der Waals surface area contributed by atoms with Crippen molar-refractivity contribution in [3.05, 3.63) is 0 Å². The van der Waals surface area contributed by atoms with E-state index in [0.29, 0.717) is 24.9 Å². The van der Waals surface area contributed by atoms with Crippen LogP contribution in [0.3, 0.4) is 0 Å². The maximum Gasteiger partial charge on any atom is 0.332 e. The number of hydrogen-bond donors (Lipinski definition) is 3. The molecule has 0 aromatic rings. The molecule has 0 radical (unpaired) electrons. The Morgan fingerprint density at radius 1 is 1.00 bits per heavy atom. The van der Waals surface area contributed by atoms with Gasteiger partial charge in [-0.3, -0.25) is 0 Å². The van der Waals surface area contributed by atoms with Gasteiger partial charge in [-0.05, 0) is 24.7 Å². The maximum absolute atomic E-state index is 12.1. The van der Waals surface area contributed by atoms with E-state index in [4.69, 9.17) is 10.2 Å². The predicted molar refractivity (Wildman–Crippen MR) is 82.1 cm³/mol. The van der Waals surface area contributed by atoms with E-state index in [0.717, 1.165) is 12.8 Å². The number of carbonyl (C=O) groups excluding carboxylic acids is 1. The molecule has 0 saturated carbocycles. The van der Waals surface area contributed by atoms with Crippen molar-refractivity contribution in [3.8, 4) is 0 Å². The van der Waals surface area contributed by atoms with Crippen molar-refractivity contribution in [3.63, 3.8) is 0 Å². The first-order valence-corrected chi connectivity index (χ1v) is 7.67. The standard InChI is InChI=1S/C15H30N2O4/c1-11(2)6-9-17(10-7-12(3)4)15(21)16-8-5-13(18)14(19)20/h11-13,18H,5-10H2,1-4H3,(H,16,21)(H,19,20). The van der Waals surface area contributed by atoms with Crippen molar-refractivity contribution in [1.29, 1.82) is 0 Å². The van der Waals surface area contributed by atoms with Gasteiger partial charge in [0.25, 0.3) is 0 Å². The molecule has 0 fully saturated rings. The summed E-state index contributed by atoms with van der Waals surface area (Å²) in [7, 11) is 0. The van der Waals surface area contributed by atoms with Gasteiger partial charge in [0.1, 0.15) is 0 Å². The third-order valence-electron chi connectivity index (χ3n) is 3.22. The molecule has 3 N–H and O–H groups in total. The Labute approximate surface area is 127 Å². The Balaban J connectivity index is 4.25. The molecule has 1 unspecified atom stereocenters. The lowest BCUT2D eigenvalue weighted by molar-refractivity contribution is -0.146. The van der Waals surface area contributed by atoms with Gasteiger partial charge < -0.3 is 20.4 Å². The number of aliphatic hydroxyl groups excluding tert-OH is 1. The first kappa shape index (κ1) is 19.7. The van der Waals surface area contributed by atoms with E-state index in [-0.39, 0.29) is 19.0 Å². The number of aliphatic hydroxyl groups is 1. The van der Waals surface area contributed by atoms with Gasteiger partial charge in [-0.1, -0.05) is 27.7 Å². The van der Waals surface area contributed by atoms with Crippen molar-refractivity contribution < 1.29 is 19.8 Å². The van der Waals surface area contributed by atoms with Crippen LogP contribution in [0.2, 0.25) is 0 Å². The minimum atomic E-state index is -1.43. The smallest absolute Gasteiger partial charge is 0.332 e. The second-order valence-corrected chi connectivity index (χ2v) is 6.23. The number of hydrogen-bond acceptors (Lipinski definition) is 3. The fraction of sp³-hybridized carbons (Fsp3) is 0.867. The number of carboxylic acid groups (broad SMARTS) is 1. The lowest BCUT2D eigenvalue weighted by Crippen LogP contribution is -2.43. The molecule has 0 bridgehead atoms. The van der Waals surface area contributed by atoms with Crippen LogP contribution in [-0.2, 0) is 4.79 Å². The first-order valence-electron chi connectivity index (χ1n) is 7.67. The van der Waals surface area contributed by atoms with E-state index in [1.165, 1.54) is 0 Å². The lowest BCUT2D eigenvalue weighted by Gasteiger charge is -2.25. The van der Waals surface area contributed by atoms with Gasteiger partial charge in [-0.2, -0.15) is 0 Å². The second-order valence-electron chi connectivity index (χ2n) is 6.23. The Bertz CT molecular complexity index is 307. The van der Waals surface area contributed by atoms with Gasteiger partial charge in [-0.25, -0.2) is 9.59 Å². The zero-order valence-electron chi connectivity index (χ0n) is 13.6. The molecule has 0 aromatic carbocycles. The average molecular weight is 302 g/mol. The monoisotopic (exact) mass is 302 g/mol. The van der Waals surface area contributed by atoms with E-state index in [2.05, 4.69) is 33.0 Å². The van der Waals surface area contributed by atoms with Crippen molar-refractivity contribution >= 4 is 12.0 Å². The molecular weight excluding hydrogens is 272 g/mol. The molecule has 21 heavy (non-hydrogen) atoms. The van der Waals surface area contributed by atoms with Gasteiger partial charge in [0, 0.05) is 26.1 Å². The molecule has 0 rings (SSSR count). The Morgan fingerprint density at radius 2 is 1.48 bits per heavy atom. The minimum absolute atomic E-state index is 0.0171. The van der Waals surface area contributed by atoms with Crippen LogP contribution in [0.4, 0.5) is 4.79 Å². The number of carboxylic acids is 1. The van der Waals surface area contributed by atoms with Crippen molar-refractivity contribution in [2.45, 2.75) is 53.1 Å². The summed E-state index contributed by atoms with van der Waals surface area (Å²) in [4.78, 5) is 24.4. The third-order valence-corrected chi connectivity index (χ3v) is 3.22. The molecule has 0 aliphatic carbocycles. The number of amides is 2. The average Bonchev–Trinajstić information content (AvgIpc) is 2.37. The fourth-order valence-electron chi connectivity index (χ4n) is 1.69. The lowest BCUT2D eigenvalue weighted by atomic mass is 10.1. The Hall–Kier alpha value is -1.30. The number of nitrogens with zero attached hydrogens (tertiary/aromatic N) is 1. The Kier molecular flexibility index (Phi) is 9.78. The van der Waals surface area contributed by atoms with E-state index >= 15 is 0 Å². The molecule has 0 heterocycles. The predicted octanol–water partition coefficient (Wildman–Crippen LogP) is 1.93. The van der Waals surface area contributed by atoms with Crippen LogP contribution in [0, 0.1) is 11.8 Å². The normalized spacial score (nSPS) is 12.5. The fourth-order valence-corrected chi connectivity index (χ4v) is 1.69. The molecule has 6 heteroatoms. The number of aliphatic carboxylic acids is 1. The SMILES string of the molecule is CC(C)CCN(CCC(C)C)C(=O)NCCC(O)C(=O)O. The quantitative estimate of drug-likeness (QED) is 0.575. The van der Waals surface area contributed by atoms with Gasteiger partial charge in [0.15, 0.2) is 6.10 Å². The summed E-state index contributed by atoms with van der Waals surface area (Å²) in [6.45, 7) is 9.99. The molecular formula is C15H30N2O4. The van der Waals surface area contributed by atoms with E-state index in [1.54, 1.807) is 4.90 Å². The number of urea groups is 1. The summed E-state index contributed by atoms with van der Waals surface area (Å²) in [6.07, 6.45) is 0.459. The van der Waals surface area contributed by atoms with Gasteiger partial charge in [0.05, 0.1) is 0 Å². The zero-order valence-corrected chi connectivity index (χ0v) is 13.6. The van der Waals surface area contributed by atoms with Crippen LogP contribution < -0.4 is 5.32 Å². The van der Waals surface area contributed by atoms with Gasteiger partial charge in [0.2, 0.25) is 0 Å². The van der Waals surface area contributed by atoms with Crippen LogP contribution in [-0.4, -0.2) is 52.9 Å². The van der Waals surface area contributed by atoms with Crippen LogP contribution in [0.15, 0.2) is 0 Å². The van der Waals surface area contributed by atoms with Gasteiger partial charge >= 0.3 is 12.0 Å². The van der Waals surface area contributed by atoms with Crippen LogP contribution in [0.5, 0.6) is 0 Å². The summed E-state index contributed by atoms with van der Waals surface area (Å²) < 4.78 is 0. The van der Waals surface area contributed by atoms with Crippen LogP contribution in [0.1, 0.15) is 47.0 Å². The largest absolute Gasteiger partial charge is 0.479 e. The van der Waals surface area contributed by atoms with Crippen molar-refractivity contribution in [2.75, 3.05) is 19.6 Å². The molecule has 0 spiro atoms. The molecule has 0 saturated heterocycles. The Morgan fingerprint density at radius 3 is 1.86 bits per heavy atom. The highest BCUT2D eigenvalue weighted by atomic mass is 16.4. The summed E-state index contributed by atoms with van der Waals surface area (Å²) in [5.41, 5.74) is 0. The van der Waals surface area contributed by atoms with E-state index in [1.807, 2.05) is 0 Å². The number of carbonyl (C=O) groups is 2.